The number of ether oxygens (including phenoxy) is 1. The smallest absolute Gasteiger partial charge is 0.223 e. The number of amides is 1. The van der Waals surface area contributed by atoms with Gasteiger partial charge < -0.3 is 15.2 Å². The van der Waals surface area contributed by atoms with Crippen molar-refractivity contribution in [3.8, 4) is 0 Å². The summed E-state index contributed by atoms with van der Waals surface area (Å²) >= 11 is 0. The lowest BCUT2D eigenvalue weighted by Crippen LogP contribution is -2.37. The molecular formula is C16H25NO3. The first-order valence-electron chi connectivity index (χ1n) is 7.07. The Bertz CT molecular complexity index is 394. The second-order valence-corrected chi connectivity index (χ2v) is 5.25. The summed E-state index contributed by atoms with van der Waals surface area (Å²) < 4.78 is 4.97. The fourth-order valence-corrected chi connectivity index (χ4v) is 2.02. The van der Waals surface area contributed by atoms with Crippen LogP contribution in [0.4, 0.5) is 0 Å². The second-order valence-electron chi connectivity index (χ2n) is 5.25. The maximum Gasteiger partial charge on any atom is 0.223 e. The van der Waals surface area contributed by atoms with Crippen molar-refractivity contribution in [2.75, 3.05) is 13.7 Å². The van der Waals surface area contributed by atoms with Gasteiger partial charge in [0.25, 0.3) is 0 Å². The Kier molecular flexibility index (Phi) is 7.26. The number of carbonyl (C=O) groups is 1. The van der Waals surface area contributed by atoms with E-state index in [1.165, 1.54) is 0 Å². The number of carbonyl (C=O) groups excluding carboxylic acids is 1. The zero-order valence-electron chi connectivity index (χ0n) is 12.5. The lowest BCUT2D eigenvalue weighted by atomic mass is 10.0. The average Bonchev–Trinajstić information content (AvgIpc) is 2.45. The molecule has 2 N–H and O–H groups in total. The second kappa shape index (κ2) is 8.72. The van der Waals surface area contributed by atoms with Gasteiger partial charge in [-0.1, -0.05) is 37.3 Å². The third kappa shape index (κ3) is 5.72. The molecule has 1 rings (SSSR count). The topological polar surface area (TPSA) is 58.6 Å². The van der Waals surface area contributed by atoms with Gasteiger partial charge in [0.05, 0.1) is 6.10 Å². The lowest BCUT2D eigenvalue weighted by molar-refractivity contribution is -0.125. The molecule has 1 aromatic rings. The Morgan fingerprint density at radius 1 is 1.30 bits per heavy atom. The molecule has 4 heteroatoms. The fourth-order valence-electron chi connectivity index (χ4n) is 2.02. The molecule has 1 amide bonds. The Labute approximate surface area is 121 Å². The van der Waals surface area contributed by atoms with Gasteiger partial charge in [0.15, 0.2) is 0 Å². The van der Waals surface area contributed by atoms with E-state index in [0.717, 1.165) is 5.56 Å². The minimum Gasteiger partial charge on any atom is -0.388 e. The van der Waals surface area contributed by atoms with Crippen LogP contribution in [0.3, 0.4) is 0 Å². The van der Waals surface area contributed by atoms with Crippen molar-refractivity contribution >= 4 is 5.91 Å². The van der Waals surface area contributed by atoms with E-state index in [1.54, 1.807) is 7.11 Å². The van der Waals surface area contributed by atoms with Crippen molar-refractivity contribution in [3.63, 3.8) is 0 Å². The van der Waals surface area contributed by atoms with Crippen LogP contribution >= 0.6 is 0 Å². The van der Waals surface area contributed by atoms with Crippen molar-refractivity contribution in [1.82, 2.24) is 5.32 Å². The number of rotatable bonds is 8. The summed E-state index contributed by atoms with van der Waals surface area (Å²) in [6.45, 7) is 4.37. The molecule has 0 aliphatic carbocycles. The predicted octanol–water partition coefficient (Wildman–Crippen LogP) is 2.29. The maximum absolute atomic E-state index is 11.9. The Balaban J connectivity index is 2.39. The summed E-state index contributed by atoms with van der Waals surface area (Å²) in [5.74, 6) is -0.0684. The molecule has 0 aromatic heterocycles. The quantitative estimate of drug-likeness (QED) is 0.767. The zero-order valence-corrected chi connectivity index (χ0v) is 12.5. The standard InChI is InChI=1S/C16H25NO3/c1-12(9-10-20-3)16(19)17-13(2)11-15(18)14-7-5-4-6-8-14/h4-8,12-13,15,18H,9-11H2,1-3H3,(H,17,19). The molecule has 4 nitrogen and oxygen atoms in total. The van der Waals surface area contributed by atoms with Crippen LogP contribution in [0.1, 0.15) is 38.4 Å². The van der Waals surface area contributed by atoms with Gasteiger partial charge in [0, 0.05) is 25.7 Å². The molecule has 1 aromatic carbocycles. The molecule has 0 aliphatic rings. The van der Waals surface area contributed by atoms with Gasteiger partial charge in [-0.05, 0) is 25.3 Å². The van der Waals surface area contributed by atoms with E-state index in [0.29, 0.717) is 19.4 Å². The number of aliphatic hydroxyl groups is 1. The molecule has 3 unspecified atom stereocenters. The SMILES string of the molecule is COCCC(C)C(=O)NC(C)CC(O)c1ccccc1. The van der Waals surface area contributed by atoms with Crippen molar-refractivity contribution in [2.24, 2.45) is 5.92 Å². The molecule has 0 heterocycles. The van der Waals surface area contributed by atoms with Gasteiger partial charge in [0.1, 0.15) is 0 Å². The molecular weight excluding hydrogens is 254 g/mol. The molecule has 112 valence electrons. The summed E-state index contributed by atoms with van der Waals surface area (Å²) in [6.07, 6.45) is 0.657. The fraction of sp³-hybridized carbons (Fsp3) is 0.562. The number of methoxy groups -OCH3 is 1. The first-order valence-corrected chi connectivity index (χ1v) is 7.07. The number of benzene rings is 1. The molecule has 0 aliphatic heterocycles. The summed E-state index contributed by atoms with van der Waals surface area (Å²) in [6, 6.07) is 9.42. The highest BCUT2D eigenvalue weighted by molar-refractivity contribution is 5.78. The normalized spacial score (nSPS) is 15.4. The number of nitrogens with one attached hydrogen (secondary N) is 1. The molecule has 0 radical (unpaired) electrons. The largest absolute Gasteiger partial charge is 0.388 e. The summed E-state index contributed by atoms with van der Waals surface area (Å²) in [5.41, 5.74) is 0.876. The molecule has 20 heavy (non-hydrogen) atoms. The van der Waals surface area contributed by atoms with Gasteiger partial charge in [0.2, 0.25) is 5.91 Å². The highest BCUT2D eigenvalue weighted by Gasteiger charge is 2.17. The van der Waals surface area contributed by atoms with Crippen LogP contribution in [0, 0.1) is 5.92 Å². The van der Waals surface area contributed by atoms with E-state index < -0.39 is 6.10 Å². The summed E-state index contributed by atoms with van der Waals surface area (Å²) in [7, 11) is 1.63. The van der Waals surface area contributed by atoms with E-state index >= 15 is 0 Å². The van der Waals surface area contributed by atoms with Gasteiger partial charge in [-0.25, -0.2) is 0 Å². The van der Waals surface area contributed by atoms with E-state index in [1.807, 2.05) is 44.2 Å². The van der Waals surface area contributed by atoms with Crippen LogP contribution < -0.4 is 5.32 Å². The van der Waals surface area contributed by atoms with Gasteiger partial charge in [-0.15, -0.1) is 0 Å². The molecule has 0 bridgehead atoms. The number of hydrogen-bond donors (Lipinski definition) is 2. The zero-order chi connectivity index (χ0) is 15.0. The van der Waals surface area contributed by atoms with Gasteiger partial charge in [-0.2, -0.15) is 0 Å². The molecule has 0 saturated heterocycles. The van der Waals surface area contributed by atoms with E-state index in [-0.39, 0.29) is 17.9 Å². The van der Waals surface area contributed by atoms with Crippen LogP contribution in [-0.4, -0.2) is 30.8 Å². The average molecular weight is 279 g/mol. The number of hydrogen-bond acceptors (Lipinski definition) is 3. The Hall–Kier alpha value is -1.39. The van der Waals surface area contributed by atoms with Crippen LogP contribution in [0.5, 0.6) is 0 Å². The van der Waals surface area contributed by atoms with Crippen molar-refractivity contribution in [1.29, 1.82) is 0 Å². The minimum absolute atomic E-state index is 0.00908. The van der Waals surface area contributed by atoms with Crippen molar-refractivity contribution in [3.05, 3.63) is 35.9 Å². The summed E-state index contributed by atoms with van der Waals surface area (Å²) in [5, 5.41) is 13.0. The van der Waals surface area contributed by atoms with Gasteiger partial charge in [-0.3, -0.25) is 4.79 Å². The predicted molar refractivity (Wildman–Crippen MR) is 79.3 cm³/mol. The monoisotopic (exact) mass is 279 g/mol. The van der Waals surface area contributed by atoms with Crippen LogP contribution in [0.15, 0.2) is 30.3 Å². The van der Waals surface area contributed by atoms with Crippen molar-refractivity contribution < 1.29 is 14.6 Å². The Morgan fingerprint density at radius 2 is 1.95 bits per heavy atom. The molecule has 0 spiro atoms. The number of aliphatic hydroxyl groups excluding tert-OH is 1. The first kappa shape index (κ1) is 16.7. The maximum atomic E-state index is 11.9. The first-order chi connectivity index (χ1) is 9.54. The highest BCUT2D eigenvalue weighted by Crippen LogP contribution is 2.18. The molecule has 0 fully saturated rings. The minimum atomic E-state index is -0.555. The summed E-state index contributed by atoms with van der Waals surface area (Å²) in [4.78, 5) is 11.9. The van der Waals surface area contributed by atoms with E-state index in [9.17, 15) is 9.90 Å². The van der Waals surface area contributed by atoms with E-state index in [2.05, 4.69) is 5.32 Å². The van der Waals surface area contributed by atoms with Crippen LogP contribution in [0.25, 0.3) is 0 Å². The highest BCUT2D eigenvalue weighted by atomic mass is 16.5. The van der Waals surface area contributed by atoms with Gasteiger partial charge >= 0.3 is 0 Å². The molecule has 3 atom stereocenters. The molecule has 0 saturated carbocycles. The Morgan fingerprint density at radius 3 is 2.55 bits per heavy atom. The third-order valence-corrected chi connectivity index (χ3v) is 3.35. The van der Waals surface area contributed by atoms with E-state index in [4.69, 9.17) is 4.74 Å². The van der Waals surface area contributed by atoms with Crippen LogP contribution in [0.2, 0.25) is 0 Å². The van der Waals surface area contributed by atoms with Crippen LogP contribution in [-0.2, 0) is 9.53 Å². The van der Waals surface area contributed by atoms with Crippen molar-refractivity contribution in [2.45, 2.75) is 38.8 Å². The lowest BCUT2D eigenvalue weighted by Gasteiger charge is -2.20. The third-order valence-electron chi connectivity index (χ3n) is 3.35.